The minimum atomic E-state index is -0.770. The van der Waals surface area contributed by atoms with Crippen molar-refractivity contribution in [3.63, 3.8) is 0 Å². The molecular formula is C16H23N3O3. The number of likely N-dealkylation sites (tertiary alicyclic amines) is 1. The molecule has 0 spiro atoms. The zero-order valence-electron chi connectivity index (χ0n) is 13.2. The Kier molecular flexibility index (Phi) is 5.35. The molecule has 1 aliphatic rings. The van der Waals surface area contributed by atoms with Gasteiger partial charge in [0.25, 0.3) is 5.91 Å². The van der Waals surface area contributed by atoms with Gasteiger partial charge in [0.05, 0.1) is 0 Å². The fourth-order valence-electron chi connectivity index (χ4n) is 2.79. The molecule has 2 rings (SSSR count). The highest BCUT2D eigenvalue weighted by atomic mass is 16.4. The molecule has 1 aromatic rings. The molecule has 1 atom stereocenters. The van der Waals surface area contributed by atoms with Crippen LogP contribution in [0, 0.1) is 5.92 Å². The lowest BCUT2D eigenvalue weighted by Gasteiger charge is -2.32. The van der Waals surface area contributed by atoms with E-state index < -0.39 is 5.97 Å². The van der Waals surface area contributed by atoms with Crippen molar-refractivity contribution < 1.29 is 14.7 Å². The molecule has 1 aliphatic heterocycles. The number of aliphatic carboxylic acids is 1. The van der Waals surface area contributed by atoms with E-state index in [0.717, 1.165) is 25.2 Å². The lowest BCUT2D eigenvalue weighted by Crippen LogP contribution is -2.40. The van der Waals surface area contributed by atoms with Gasteiger partial charge in [-0.3, -0.25) is 9.59 Å². The van der Waals surface area contributed by atoms with Crippen LogP contribution in [0.2, 0.25) is 0 Å². The van der Waals surface area contributed by atoms with E-state index in [1.807, 2.05) is 23.9 Å². The van der Waals surface area contributed by atoms with Crippen molar-refractivity contribution in [2.45, 2.75) is 25.7 Å². The summed E-state index contributed by atoms with van der Waals surface area (Å²) >= 11 is 0. The predicted octanol–water partition coefficient (Wildman–Crippen LogP) is 1.86. The van der Waals surface area contributed by atoms with E-state index >= 15 is 0 Å². The molecule has 1 amide bonds. The first kappa shape index (κ1) is 16.3. The Labute approximate surface area is 130 Å². The molecule has 0 aromatic carbocycles. The van der Waals surface area contributed by atoms with Crippen LogP contribution in [0.5, 0.6) is 0 Å². The number of carbonyl (C=O) groups excluding carboxylic acids is 1. The van der Waals surface area contributed by atoms with Crippen LogP contribution < -0.4 is 4.90 Å². The molecule has 6 heteroatoms. The zero-order chi connectivity index (χ0) is 16.1. The number of carboxylic acids is 1. The molecule has 1 N–H and O–H groups in total. The smallest absolute Gasteiger partial charge is 0.303 e. The van der Waals surface area contributed by atoms with Crippen LogP contribution in [0.4, 0.5) is 5.82 Å². The third kappa shape index (κ3) is 4.19. The highest BCUT2D eigenvalue weighted by Gasteiger charge is 2.25. The van der Waals surface area contributed by atoms with Crippen LogP contribution in [0.15, 0.2) is 18.3 Å². The van der Waals surface area contributed by atoms with Crippen molar-refractivity contribution in [2.24, 2.45) is 5.92 Å². The Morgan fingerprint density at radius 2 is 2.23 bits per heavy atom. The highest BCUT2D eigenvalue weighted by Crippen LogP contribution is 2.23. The average Bonchev–Trinajstić information content (AvgIpc) is 2.52. The quantitative estimate of drug-likeness (QED) is 0.899. The monoisotopic (exact) mass is 305 g/mol. The van der Waals surface area contributed by atoms with E-state index in [1.54, 1.807) is 18.3 Å². The number of rotatable bonds is 5. The number of piperidine rings is 1. The Hall–Kier alpha value is -2.11. The van der Waals surface area contributed by atoms with Crippen molar-refractivity contribution in [3.05, 3.63) is 23.9 Å². The maximum absolute atomic E-state index is 12.6. The topological polar surface area (TPSA) is 73.7 Å². The van der Waals surface area contributed by atoms with Crippen molar-refractivity contribution in [3.8, 4) is 0 Å². The second-order valence-corrected chi connectivity index (χ2v) is 5.99. The van der Waals surface area contributed by atoms with E-state index in [9.17, 15) is 9.59 Å². The predicted molar refractivity (Wildman–Crippen MR) is 84.1 cm³/mol. The van der Waals surface area contributed by atoms with E-state index in [1.165, 1.54) is 0 Å². The van der Waals surface area contributed by atoms with Gasteiger partial charge in [0, 0.05) is 45.4 Å². The summed E-state index contributed by atoms with van der Waals surface area (Å²) in [6.45, 7) is 1.38. The summed E-state index contributed by atoms with van der Waals surface area (Å²) in [6.07, 6.45) is 4.39. The van der Waals surface area contributed by atoms with Gasteiger partial charge in [-0.05, 0) is 37.3 Å². The second-order valence-electron chi connectivity index (χ2n) is 5.99. The number of carbonyl (C=O) groups is 2. The first-order valence-corrected chi connectivity index (χ1v) is 7.62. The summed E-state index contributed by atoms with van der Waals surface area (Å²) in [6, 6.07) is 3.53. The lowest BCUT2D eigenvalue weighted by atomic mass is 9.93. The van der Waals surface area contributed by atoms with Crippen LogP contribution in [0.1, 0.15) is 36.0 Å². The highest BCUT2D eigenvalue weighted by molar-refractivity contribution is 5.94. The van der Waals surface area contributed by atoms with Crippen molar-refractivity contribution in [2.75, 3.05) is 32.1 Å². The number of hydrogen-bond acceptors (Lipinski definition) is 4. The normalized spacial score (nSPS) is 18.1. The molecule has 1 fully saturated rings. The number of nitrogens with zero attached hydrogens (tertiary/aromatic N) is 3. The summed E-state index contributed by atoms with van der Waals surface area (Å²) < 4.78 is 0. The van der Waals surface area contributed by atoms with Crippen molar-refractivity contribution in [1.29, 1.82) is 0 Å². The van der Waals surface area contributed by atoms with Crippen LogP contribution in [-0.2, 0) is 4.79 Å². The molecule has 0 bridgehead atoms. The molecule has 22 heavy (non-hydrogen) atoms. The molecule has 1 unspecified atom stereocenters. The van der Waals surface area contributed by atoms with Gasteiger partial charge in [0.15, 0.2) is 0 Å². The van der Waals surface area contributed by atoms with Gasteiger partial charge >= 0.3 is 5.97 Å². The molecule has 1 saturated heterocycles. The second kappa shape index (κ2) is 7.24. The summed E-state index contributed by atoms with van der Waals surface area (Å²) in [5.74, 6) is 0.271. The Bertz CT molecular complexity index is 545. The maximum atomic E-state index is 12.6. The Morgan fingerprint density at radius 1 is 1.45 bits per heavy atom. The fraction of sp³-hybridized carbons (Fsp3) is 0.562. The van der Waals surface area contributed by atoms with E-state index in [-0.39, 0.29) is 18.2 Å². The summed E-state index contributed by atoms with van der Waals surface area (Å²) in [4.78, 5) is 31.2. The van der Waals surface area contributed by atoms with Crippen LogP contribution in [0.3, 0.4) is 0 Å². The first-order valence-electron chi connectivity index (χ1n) is 7.62. The number of pyridine rings is 1. The van der Waals surface area contributed by atoms with Gasteiger partial charge in [-0.2, -0.15) is 0 Å². The van der Waals surface area contributed by atoms with Crippen LogP contribution >= 0.6 is 0 Å². The molecule has 0 saturated carbocycles. The molecular weight excluding hydrogens is 282 g/mol. The van der Waals surface area contributed by atoms with Crippen molar-refractivity contribution >= 4 is 17.7 Å². The van der Waals surface area contributed by atoms with Gasteiger partial charge in [-0.1, -0.05) is 0 Å². The Balaban J connectivity index is 2.02. The largest absolute Gasteiger partial charge is 0.481 e. The minimum Gasteiger partial charge on any atom is -0.481 e. The third-order valence-corrected chi connectivity index (χ3v) is 4.02. The van der Waals surface area contributed by atoms with Gasteiger partial charge in [-0.15, -0.1) is 0 Å². The first-order chi connectivity index (χ1) is 10.5. The van der Waals surface area contributed by atoms with Gasteiger partial charge < -0.3 is 14.9 Å². The van der Waals surface area contributed by atoms with E-state index in [2.05, 4.69) is 4.98 Å². The van der Waals surface area contributed by atoms with Crippen molar-refractivity contribution in [1.82, 2.24) is 9.88 Å². The number of amides is 1. The minimum absolute atomic E-state index is 0.00512. The van der Waals surface area contributed by atoms with Crippen LogP contribution in [0.25, 0.3) is 0 Å². The standard InChI is InChI=1S/C16H23N3O3/c1-18(2)14-10-13(7-8-17-14)16(22)19-9-3-4-12(11-19)5-6-15(20)21/h7-8,10,12H,3-6,9,11H2,1-2H3,(H,20,21). The molecule has 0 aliphatic carbocycles. The average molecular weight is 305 g/mol. The SMILES string of the molecule is CN(C)c1cc(C(=O)N2CCCC(CCC(=O)O)C2)ccn1. The van der Waals surface area contributed by atoms with Gasteiger partial charge in [0.1, 0.15) is 5.82 Å². The third-order valence-electron chi connectivity index (χ3n) is 4.02. The number of hydrogen-bond donors (Lipinski definition) is 1. The number of carboxylic acid groups (broad SMARTS) is 1. The number of aromatic nitrogens is 1. The molecule has 2 heterocycles. The lowest BCUT2D eigenvalue weighted by molar-refractivity contribution is -0.137. The molecule has 120 valence electrons. The van der Waals surface area contributed by atoms with E-state index in [0.29, 0.717) is 18.5 Å². The van der Waals surface area contributed by atoms with Crippen LogP contribution in [-0.4, -0.2) is 54.1 Å². The molecule has 0 radical (unpaired) electrons. The van der Waals surface area contributed by atoms with Gasteiger partial charge in [0.2, 0.25) is 0 Å². The zero-order valence-corrected chi connectivity index (χ0v) is 13.2. The summed E-state index contributed by atoms with van der Waals surface area (Å²) in [7, 11) is 3.78. The summed E-state index contributed by atoms with van der Waals surface area (Å²) in [5, 5.41) is 8.79. The fourth-order valence-corrected chi connectivity index (χ4v) is 2.79. The molecule has 1 aromatic heterocycles. The van der Waals surface area contributed by atoms with Gasteiger partial charge in [-0.25, -0.2) is 4.98 Å². The molecule has 6 nitrogen and oxygen atoms in total. The van der Waals surface area contributed by atoms with E-state index in [4.69, 9.17) is 5.11 Å². The number of anilines is 1. The maximum Gasteiger partial charge on any atom is 0.303 e. The summed E-state index contributed by atoms with van der Waals surface area (Å²) in [5.41, 5.74) is 0.637. The Morgan fingerprint density at radius 3 is 2.91 bits per heavy atom.